The molecule has 0 fully saturated rings. The maximum atomic E-state index is 5.49. The molecule has 1 unspecified atom stereocenters. The van der Waals surface area contributed by atoms with Crippen molar-refractivity contribution in [1.29, 1.82) is 0 Å². The summed E-state index contributed by atoms with van der Waals surface area (Å²) in [5, 5.41) is 3.12. The fourth-order valence-corrected chi connectivity index (χ4v) is 1.89. The predicted molar refractivity (Wildman–Crippen MR) is 61.0 cm³/mol. The molecule has 78 valence electrons. The lowest BCUT2D eigenvalue weighted by atomic mass is 10.0. The van der Waals surface area contributed by atoms with E-state index in [2.05, 4.69) is 23.9 Å². The molecule has 0 aliphatic carbocycles. The first-order chi connectivity index (χ1) is 6.67. The molecule has 1 aromatic heterocycles. The summed E-state index contributed by atoms with van der Waals surface area (Å²) in [6.45, 7) is 8.07. The van der Waals surface area contributed by atoms with Crippen LogP contribution in [0.2, 0.25) is 0 Å². The maximum absolute atomic E-state index is 5.49. The molecular weight excluding hydrogens is 194 g/mol. The van der Waals surface area contributed by atoms with Gasteiger partial charge in [-0.15, -0.1) is 11.3 Å². The first kappa shape index (κ1) is 11.4. The minimum absolute atomic E-state index is 0.104. The number of nitrogens with one attached hydrogen (secondary N) is 1. The molecule has 0 amide bonds. The fourth-order valence-electron chi connectivity index (χ4n) is 1.22. The van der Waals surface area contributed by atoms with Gasteiger partial charge in [0.2, 0.25) is 0 Å². The summed E-state index contributed by atoms with van der Waals surface area (Å²) in [6.07, 6.45) is 1.84. The van der Waals surface area contributed by atoms with E-state index in [1.807, 2.05) is 12.3 Å². The third-order valence-corrected chi connectivity index (χ3v) is 2.98. The summed E-state index contributed by atoms with van der Waals surface area (Å²) in [5.74, 6) is 5.49. The minimum Gasteiger partial charge on any atom is -0.271 e. The largest absolute Gasteiger partial charge is 0.271 e. The van der Waals surface area contributed by atoms with E-state index >= 15 is 0 Å². The van der Waals surface area contributed by atoms with E-state index in [1.54, 1.807) is 11.3 Å². The van der Waals surface area contributed by atoms with Gasteiger partial charge in [0.1, 0.15) is 0 Å². The zero-order valence-corrected chi connectivity index (χ0v) is 9.53. The molecule has 1 rings (SSSR count). The lowest BCUT2D eigenvalue weighted by Gasteiger charge is -2.14. The second kappa shape index (κ2) is 5.24. The van der Waals surface area contributed by atoms with Crippen molar-refractivity contribution in [2.24, 2.45) is 5.84 Å². The van der Waals surface area contributed by atoms with Crippen molar-refractivity contribution < 1.29 is 0 Å². The zero-order valence-electron chi connectivity index (χ0n) is 8.71. The number of nitrogens with two attached hydrogens (primary N) is 1. The van der Waals surface area contributed by atoms with Crippen LogP contribution in [0, 0.1) is 6.92 Å². The van der Waals surface area contributed by atoms with Crippen molar-refractivity contribution in [3.8, 4) is 0 Å². The normalized spacial score (nSPS) is 12.8. The average molecular weight is 211 g/mol. The topological polar surface area (TPSA) is 50.9 Å². The van der Waals surface area contributed by atoms with Gasteiger partial charge in [0.05, 0.1) is 16.7 Å². The highest BCUT2D eigenvalue weighted by molar-refractivity contribution is 7.09. The smallest absolute Gasteiger partial charge is 0.0898 e. The van der Waals surface area contributed by atoms with Crippen LogP contribution in [0.5, 0.6) is 0 Å². The Morgan fingerprint density at radius 1 is 1.79 bits per heavy atom. The Hall–Kier alpha value is -0.710. The molecule has 0 saturated heterocycles. The molecule has 4 heteroatoms. The molecule has 14 heavy (non-hydrogen) atoms. The maximum Gasteiger partial charge on any atom is 0.0898 e. The van der Waals surface area contributed by atoms with E-state index in [1.165, 1.54) is 5.57 Å². The van der Waals surface area contributed by atoms with Gasteiger partial charge in [-0.1, -0.05) is 19.1 Å². The first-order valence-electron chi connectivity index (χ1n) is 4.72. The van der Waals surface area contributed by atoms with Crippen LogP contribution >= 0.6 is 11.3 Å². The monoisotopic (exact) mass is 211 g/mol. The van der Waals surface area contributed by atoms with Gasteiger partial charge in [0, 0.05) is 5.38 Å². The van der Waals surface area contributed by atoms with Crippen LogP contribution in [0.1, 0.15) is 36.5 Å². The summed E-state index contributed by atoms with van der Waals surface area (Å²) >= 11 is 1.65. The highest BCUT2D eigenvalue weighted by Gasteiger charge is 2.13. The van der Waals surface area contributed by atoms with Crippen LogP contribution in [0.25, 0.3) is 0 Å². The van der Waals surface area contributed by atoms with Gasteiger partial charge in [0.25, 0.3) is 0 Å². The van der Waals surface area contributed by atoms with E-state index in [0.717, 1.165) is 23.5 Å². The standard InChI is InChI=1S/C10H17N3S/c1-4-7(2)5-9(13-11)10-6-14-8(3)12-10/h6,9,13H,2,4-5,11H2,1,3H3. The van der Waals surface area contributed by atoms with Crippen LogP contribution in [0.4, 0.5) is 0 Å². The van der Waals surface area contributed by atoms with Gasteiger partial charge in [-0.2, -0.15) is 0 Å². The number of nitrogens with zero attached hydrogens (tertiary/aromatic N) is 1. The van der Waals surface area contributed by atoms with Gasteiger partial charge in [-0.3, -0.25) is 11.3 Å². The van der Waals surface area contributed by atoms with Crippen molar-refractivity contribution in [2.75, 3.05) is 0 Å². The second-order valence-corrected chi connectivity index (χ2v) is 4.38. The highest BCUT2D eigenvalue weighted by atomic mass is 32.1. The Morgan fingerprint density at radius 2 is 2.50 bits per heavy atom. The molecule has 1 aromatic rings. The minimum atomic E-state index is 0.104. The third-order valence-electron chi connectivity index (χ3n) is 2.19. The number of hydrazine groups is 1. The Labute approximate surface area is 89.0 Å². The molecule has 3 N–H and O–H groups in total. The van der Waals surface area contributed by atoms with Crippen molar-refractivity contribution in [2.45, 2.75) is 32.7 Å². The van der Waals surface area contributed by atoms with Crippen LogP contribution in [-0.4, -0.2) is 4.98 Å². The number of aryl methyl sites for hydroxylation is 1. The lowest BCUT2D eigenvalue weighted by Crippen LogP contribution is -2.28. The summed E-state index contributed by atoms with van der Waals surface area (Å²) in [5.41, 5.74) is 4.99. The molecular formula is C10H17N3S. The zero-order chi connectivity index (χ0) is 10.6. The number of hydrogen-bond donors (Lipinski definition) is 2. The molecule has 3 nitrogen and oxygen atoms in total. The first-order valence-corrected chi connectivity index (χ1v) is 5.60. The van der Waals surface area contributed by atoms with Crippen LogP contribution in [0.3, 0.4) is 0 Å². The number of hydrogen-bond acceptors (Lipinski definition) is 4. The Bertz CT molecular complexity index is 306. The predicted octanol–water partition coefficient (Wildman–Crippen LogP) is 2.31. The molecule has 0 saturated carbocycles. The van der Waals surface area contributed by atoms with E-state index in [9.17, 15) is 0 Å². The molecule has 1 atom stereocenters. The molecule has 0 aliphatic heterocycles. The highest BCUT2D eigenvalue weighted by Crippen LogP contribution is 2.22. The Balaban J connectivity index is 2.67. The Morgan fingerprint density at radius 3 is 2.93 bits per heavy atom. The van der Waals surface area contributed by atoms with Gasteiger partial charge in [-0.25, -0.2) is 4.98 Å². The van der Waals surface area contributed by atoms with Crippen LogP contribution < -0.4 is 11.3 Å². The van der Waals surface area contributed by atoms with E-state index in [0.29, 0.717) is 0 Å². The second-order valence-electron chi connectivity index (χ2n) is 3.32. The fraction of sp³-hybridized carbons (Fsp3) is 0.500. The van der Waals surface area contributed by atoms with E-state index < -0.39 is 0 Å². The van der Waals surface area contributed by atoms with Crippen molar-refractivity contribution in [3.63, 3.8) is 0 Å². The summed E-state index contributed by atoms with van der Waals surface area (Å²) in [7, 11) is 0. The van der Waals surface area contributed by atoms with Crippen molar-refractivity contribution in [3.05, 3.63) is 28.2 Å². The number of thiazole rings is 1. The van der Waals surface area contributed by atoms with Gasteiger partial charge < -0.3 is 0 Å². The molecule has 0 spiro atoms. The molecule has 0 aliphatic rings. The molecule has 0 aromatic carbocycles. The number of aromatic nitrogens is 1. The van der Waals surface area contributed by atoms with Gasteiger partial charge >= 0.3 is 0 Å². The molecule has 1 heterocycles. The summed E-state index contributed by atoms with van der Waals surface area (Å²) in [6, 6.07) is 0.104. The quantitative estimate of drug-likeness (QED) is 0.446. The summed E-state index contributed by atoms with van der Waals surface area (Å²) < 4.78 is 0. The molecule has 0 radical (unpaired) electrons. The van der Waals surface area contributed by atoms with E-state index in [4.69, 9.17) is 5.84 Å². The van der Waals surface area contributed by atoms with Crippen molar-refractivity contribution in [1.82, 2.24) is 10.4 Å². The molecule has 0 bridgehead atoms. The van der Waals surface area contributed by atoms with Crippen molar-refractivity contribution >= 4 is 11.3 Å². The van der Waals surface area contributed by atoms with E-state index in [-0.39, 0.29) is 6.04 Å². The van der Waals surface area contributed by atoms with Crippen LogP contribution in [-0.2, 0) is 0 Å². The Kier molecular flexibility index (Phi) is 4.25. The number of rotatable bonds is 5. The SMILES string of the molecule is C=C(CC)CC(NN)c1csc(C)n1. The average Bonchev–Trinajstić information content (AvgIpc) is 2.60. The van der Waals surface area contributed by atoms with Crippen LogP contribution in [0.15, 0.2) is 17.5 Å². The van der Waals surface area contributed by atoms with Gasteiger partial charge in [0.15, 0.2) is 0 Å². The lowest BCUT2D eigenvalue weighted by molar-refractivity contribution is 0.533. The van der Waals surface area contributed by atoms with Gasteiger partial charge in [-0.05, 0) is 19.8 Å². The summed E-state index contributed by atoms with van der Waals surface area (Å²) in [4.78, 5) is 4.40. The third kappa shape index (κ3) is 2.90.